The van der Waals surface area contributed by atoms with Gasteiger partial charge in [0.05, 0.1) is 6.61 Å². The lowest BCUT2D eigenvalue weighted by Gasteiger charge is -2.16. The Morgan fingerprint density at radius 1 is 1.33 bits per heavy atom. The summed E-state index contributed by atoms with van der Waals surface area (Å²) in [6.45, 7) is 2.76. The number of nitrogens with one attached hydrogen (secondary N) is 1. The van der Waals surface area contributed by atoms with E-state index in [0.29, 0.717) is 17.6 Å². The first-order chi connectivity index (χ1) is 7.36. The van der Waals surface area contributed by atoms with Crippen LogP contribution in [0.5, 0.6) is 11.5 Å². The van der Waals surface area contributed by atoms with Gasteiger partial charge < -0.3 is 15.2 Å². The molecule has 3 heteroatoms. The first-order valence-electron chi connectivity index (χ1n) is 5.51. The van der Waals surface area contributed by atoms with Crippen LogP contribution in [0.25, 0.3) is 0 Å². The van der Waals surface area contributed by atoms with Crippen molar-refractivity contribution in [3.63, 3.8) is 0 Å². The van der Waals surface area contributed by atoms with Crippen LogP contribution < -0.4 is 10.1 Å². The second-order valence-electron chi connectivity index (χ2n) is 4.35. The summed E-state index contributed by atoms with van der Waals surface area (Å²) in [7, 11) is 0. The highest BCUT2D eigenvalue weighted by Crippen LogP contribution is 2.43. The Labute approximate surface area is 89.1 Å². The van der Waals surface area contributed by atoms with E-state index in [9.17, 15) is 5.11 Å². The fourth-order valence-corrected chi connectivity index (χ4v) is 2.73. The molecule has 0 aromatic heterocycles. The van der Waals surface area contributed by atoms with Crippen LogP contribution in [0.2, 0.25) is 0 Å². The summed E-state index contributed by atoms with van der Waals surface area (Å²) < 4.78 is 5.68. The lowest BCUT2D eigenvalue weighted by Crippen LogP contribution is -2.11. The average molecular weight is 205 g/mol. The van der Waals surface area contributed by atoms with E-state index in [1.807, 2.05) is 12.1 Å². The van der Waals surface area contributed by atoms with E-state index < -0.39 is 0 Å². The molecular weight excluding hydrogens is 190 g/mol. The van der Waals surface area contributed by atoms with Crippen molar-refractivity contribution in [3.8, 4) is 11.5 Å². The van der Waals surface area contributed by atoms with Gasteiger partial charge in [0.2, 0.25) is 0 Å². The lowest BCUT2D eigenvalue weighted by atomic mass is 9.87. The summed E-state index contributed by atoms with van der Waals surface area (Å²) in [6, 6.07) is 5.55. The molecule has 1 fully saturated rings. The molecule has 0 spiro atoms. The van der Waals surface area contributed by atoms with Gasteiger partial charge in [-0.15, -0.1) is 0 Å². The Morgan fingerprint density at radius 2 is 2.27 bits per heavy atom. The number of hydrogen-bond acceptors (Lipinski definition) is 3. The van der Waals surface area contributed by atoms with E-state index in [1.165, 1.54) is 0 Å². The van der Waals surface area contributed by atoms with Crippen molar-refractivity contribution in [1.29, 1.82) is 0 Å². The van der Waals surface area contributed by atoms with Gasteiger partial charge in [-0.25, -0.2) is 0 Å². The molecule has 2 heterocycles. The zero-order chi connectivity index (χ0) is 10.3. The van der Waals surface area contributed by atoms with Crippen molar-refractivity contribution in [3.05, 3.63) is 23.8 Å². The predicted octanol–water partition coefficient (Wildman–Crippen LogP) is 1.48. The Kier molecular flexibility index (Phi) is 2.06. The number of fused-ring (bicyclic) bond motifs is 3. The van der Waals surface area contributed by atoms with Crippen LogP contribution >= 0.6 is 0 Å². The quantitative estimate of drug-likeness (QED) is 0.674. The maximum absolute atomic E-state index is 9.92. The van der Waals surface area contributed by atoms with Gasteiger partial charge in [-0.2, -0.15) is 0 Å². The van der Waals surface area contributed by atoms with Crippen molar-refractivity contribution < 1.29 is 9.84 Å². The summed E-state index contributed by atoms with van der Waals surface area (Å²) in [4.78, 5) is 0. The van der Waals surface area contributed by atoms with E-state index in [1.54, 1.807) is 6.07 Å². The number of aromatic hydroxyl groups is 1. The van der Waals surface area contributed by atoms with Crippen molar-refractivity contribution in [2.75, 3.05) is 19.7 Å². The second kappa shape index (κ2) is 3.42. The molecule has 2 N–H and O–H groups in total. The largest absolute Gasteiger partial charge is 0.508 e. The maximum atomic E-state index is 9.92. The molecule has 2 unspecified atom stereocenters. The molecule has 3 nitrogen and oxygen atoms in total. The third-order valence-electron chi connectivity index (χ3n) is 3.50. The normalized spacial score (nSPS) is 28.8. The highest BCUT2D eigenvalue weighted by molar-refractivity contribution is 5.47. The number of benzene rings is 1. The van der Waals surface area contributed by atoms with Crippen LogP contribution in [0.3, 0.4) is 0 Å². The minimum Gasteiger partial charge on any atom is -0.508 e. The molecule has 1 saturated heterocycles. The van der Waals surface area contributed by atoms with E-state index in [2.05, 4.69) is 5.32 Å². The molecule has 80 valence electrons. The van der Waals surface area contributed by atoms with E-state index in [0.717, 1.165) is 37.4 Å². The van der Waals surface area contributed by atoms with Crippen molar-refractivity contribution in [2.24, 2.45) is 5.92 Å². The van der Waals surface area contributed by atoms with Crippen LogP contribution in [0, 0.1) is 5.92 Å². The minimum atomic E-state index is 0.383. The molecule has 2 atom stereocenters. The van der Waals surface area contributed by atoms with Crippen LogP contribution in [0.4, 0.5) is 0 Å². The Hall–Kier alpha value is -1.22. The van der Waals surface area contributed by atoms with Crippen molar-refractivity contribution in [1.82, 2.24) is 5.32 Å². The summed E-state index contributed by atoms with van der Waals surface area (Å²) in [6.07, 6.45) is 1.08. The van der Waals surface area contributed by atoms with Crippen molar-refractivity contribution >= 4 is 0 Å². The highest BCUT2D eigenvalue weighted by Gasteiger charge is 2.34. The van der Waals surface area contributed by atoms with Gasteiger partial charge in [0.25, 0.3) is 0 Å². The molecule has 0 radical (unpaired) electrons. The molecule has 0 saturated carbocycles. The van der Waals surface area contributed by atoms with Crippen molar-refractivity contribution in [2.45, 2.75) is 12.3 Å². The van der Waals surface area contributed by atoms with Gasteiger partial charge in [-0.3, -0.25) is 0 Å². The van der Waals surface area contributed by atoms with Gasteiger partial charge in [0.1, 0.15) is 11.5 Å². The Morgan fingerprint density at radius 3 is 3.20 bits per heavy atom. The van der Waals surface area contributed by atoms with Gasteiger partial charge >= 0.3 is 0 Å². The molecule has 1 aromatic carbocycles. The first-order valence-corrected chi connectivity index (χ1v) is 5.51. The zero-order valence-corrected chi connectivity index (χ0v) is 8.57. The van der Waals surface area contributed by atoms with Gasteiger partial charge in [-0.05, 0) is 31.0 Å². The van der Waals surface area contributed by atoms with Crippen LogP contribution in [0.15, 0.2) is 18.2 Å². The lowest BCUT2D eigenvalue weighted by molar-refractivity contribution is 0.296. The monoisotopic (exact) mass is 205 g/mol. The number of phenolic OH excluding ortho intramolecular Hbond substituents is 1. The van der Waals surface area contributed by atoms with E-state index in [4.69, 9.17) is 4.74 Å². The van der Waals surface area contributed by atoms with E-state index >= 15 is 0 Å². The maximum Gasteiger partial charge on any atom is 0.126 e. The Bertz CT molecular complexity index is 378. The number of phenols is 1. The molecule has 3 rings (SSSR count). The van der Waals surface area contributed by atoms with Crippen LogP contribution in [-0.4, -0.2) is 24.8 Å². The molecule has 2 aliphatic rings. The average Bonchev–Trinajstić information content (AvgIpc) is 2.60. The third-order valence-corrected chi connectivity index (χ3v) is 3.50. The summed E-state index contributed by atoms with van der Waals surface area (Å²) >= 11 is 0. The summed E-state index contributed by atoms with van der Waals surface area (Å²) in [5.74, 6) is 2.28. The van der Waals surface area contributed by atoms with Crippen LogP contribution in [0.1, 0.15) is 17.9 Å². The molecular formula is C12H15NO2. The molecule has 1 aromatic rings. The standard InChI is InChI=1S/C12H15NO2/c14-10-2-1-3-11-12(10)9-7-13-6-8(9)4-5-15-11/h1-3,8-9,13-14H,4-7H2. The SMILES string of the molecule is Oc1cccc2c1C1CNCC1CCO2. The predicted molar refractivity (Wildman–Crippen MR) is 57.3 cm³/mol. The van der Waals surface area contributed by atoms with Crippen LogP contribution in [-0.2, 0) is 0 Å². The number of ether oxygens (including phenoxy) is 1. The van der Waals surface area contributed by atoms with Gasteiger partial charge in [0.15, 0.2) is 0 Å². The van der Waals surface area contributed by atoms with E-state index in [-0.39, 0.29) is 0 Å². The molecule has 0 bridgehead atoms. The summed E-state index contributed by atoms with van der Waals surface area (Å²) in [5.41, 5.74) is 1.00. The minimum absolute atomic E-state index is 0.383. The fraction of sp³-hybridized carbons (Fsp3) is 0.500. The molecule has 15 heavy (non-hydrogen) atoms. The smallest absolute Gasteiger partial charge is 0.126 e. The molecule has 0 aliphatic carbocycles. The molecule has 2 aliphatic heterocycles. The first kappa shape index (κ1) is 9.04. The highest BCUT2D eigenvalue weighted by atomic mass is 16.5. The topological polar surface area (TPSA) is 41.5 Å². The molecule has 0 amide bonds. The fourth-order valence-electron chi connectivity index (χ4n) is 2.73. The number of rotatable bonds is 0. The van der Waals surface area contributed by atoms with Gasteiger partial charge in [-0.1, -0.05) is 6.07 Å². The second-order valence-corrected chi connectivity index (χ2v) is 4.35. The summed E-state index contributed by atoms with van der Waals surface area (Å²) in [5, 5.41) is 13.3. The van der Waals surface area contributed by atoms with Gasteiger partial charge in [0, 0.05) is 18.0 Å². The zero-order valence-electron chi connectivity index (χ0n) is 8.57. The Balaban J connectivity index is 2.10. The third kappa shape index (κ3) is 1.38. The number of hydrogen-bond donors (Lipinski definition) is 2.